The van der Waals surface area contributed by atoms with E-state index in [1.54, 1.807) is 12.1 Å². The molecule has 2 aliphatic rings. The fourth-order valence-electron chi connectivity index (χ4n) is 5.62. The van der Waals surface area contributed by atoms with Crippen molar-refractivity contribution >= 4 is 23.0 Å². The fourth-order valence-corrected chi connectivity index (χ4v) is 5.62. The predicted octanol–water partition coefficient (Wildman–Crippen LogP) is 5.32. The van der Waals surface area contributed by atoms with E-state index in [2.05, 4.69) is 15.5 Å². The van der Waals surface area contributed by atoms with E-state index >= 15 is 0 Å². The van der Waals surface area contributed by atoms with Crippen LogP contribution in [0.1, 0.15) is 72.2 Å². The molecule has 0 spiro atoms. The number of carbonyl (C=O) groups is 2. The first-order chi connectivity index (χ1) is 19.9. The molecule has 4 atom stereocenters. The van der Waals surface area contributed by atoms with Crippen molar-refractivity contribution in [2.75, 3.05) is 20.3 Å². The van der Waals surface area contributed by atoms with Gasteiger partial charge >= 0.3 is 12.2 Å². The highest BCUT2D eigenvalue weighted by Gasteiger charge is 2.48. The number of ether oxygens (including phenoxy) is 1. The summed E-state index contributed by atoms with van der Waals surface area (Å²) in [5.74, 6) is -4.25. The molecule has 1 saturated carbocycles. The summed E-state index contributed by atoms with van der Waals surface area (Å²) in [6.07, 6.45) is -2.92. The van der Waals surface area contributed by atoms with Crippen molar-refractivity contribution in [2.45, 2.75) is 69.3 Å². The highest BCUT2D eigenvalue weighted by molar-refractivity contribution is 5.93. The van der Waals surface area contributed by atoms with Crippen molar-refractivity contribution < 1.29 is 45.2 Å². The Morgan fingerprint density at radius 2 is 2.12 bits per heavy atom. The molecular formula is C27H30F5N5O5. The van der Waals surface area contributed by atoms with Gasteiger partial charge in [0.2, 0.25) is 11.8 Å². The van der Waals surface area contributed by atoms with Crippen LogP contribution in [-0.2, 0) is 11.2 Å². The first kappa shape index (κ1) is 29.7. The molecule has 1 unspecified atom stereocenters. The van der Waals surface area contributed by atoms with Gasteiger partial charge in [0.15, 0.2) is 11.3 Å². The Labute approximate surface area is 236 Å². The van der Waals surface area contributed by atoms with Crippen LogP contribution in [0.5, 0.6) is 0 Å². The van der Waals surface area contributed by atoms with Gasteiger partial charge in [-0.05, 0) is 42.9 Å². The molecule has 228 valence electrons. The summed E-state index contributed by atoms with van der Waals surface area (Å²) in [7, 11) is 1.36. The molecule has 2 fully saturated rings. The third kappa shape index (κ3) is 6.05. The zero-order valence-corrected chi connectivity index (χ0v) is 22.8. The van der Waals surface area contributed by atoms with Gasteiger partial charge in [-0.1, -0.05) is 18.1 Å². The number of rotatable bonds is 9. The van der Waals surface area contributed by atoms with Crippen LogP contribution in [0.15, 0.2) is 33.4 Å². The van der Waals surface area contributed by atoms with Crippen molar-refractivity contribution in [1.29, 1.82) is 0 Å². The fraction of sp³-hybridized carbons (Fsp3) is 0.556. The molecule has 0 radical (unpaired) electrons. The Hall–Kier alpha value is -3.75. The highest BCUT2D eigenvalue weighted by Crippen LogP contribution is 2.43. The predicted molar refractivity (Wildman–Crippen MR) is 137 cm³/mol. The summed E-state index contributed by atoms with van der Waals surface area (Å²) in [5.41, 5.74) is 1.55. The van der Waals surface area contributed by atoms with E-state index in [0.717, 1.165) is 4.90 Å². The van der Waals surface area contributed by atoms with Crippen LogP contribution in [0.2, 0.25) is 0 Å². The average Bonchev–Trinajstić information content (AvgIpc) is 3.67. The summed E-state index contributed by atoms with van der Waals surface area (Å²) in [4.78, 5) is 31.2. The van der Waals surface area contributed by atoms with Crippen molar-refractivity contribution in [3.63, 3.8) is 0 Å². The van der Waals surface area contributed by atoms with Gasteiger partial charge in [-0.25, -0.2) is 18.6 Å². The first-order valence-corrected chi connectivity index (χ1v) is 13.5. The number of nitrogens with one attached hydrogen (secondary N) is 2. The monoisotopic (exact) mass is 599 g/mol. The van der Waals surface area contributed by atoms with E-state index in [9.17, 15) is 31.5 Å². The van der Waals surface area contributed by atoms with Crippen LogP contribution in [0.25, 0.3) is 11.1 Å². The molecule has 3 amide bonds. The lowest BCUT2D eigenvalue weighted by molar-refractivity contribution is -0.150. The molecule has 2 N–H and O–H groups in total. The number of carbonyl (C=O) groups excluding carboxylic acids is 2. The van der Waals surface area contributed by atoms with E-state index in [4.69, 9.17) is 13.7 Å². The number of amides is 3. The van der Waals surface area contributed by atoms with E-state index in [1.807, 2.05) is 12.2 Å². The Kier molecular flexibility index (Phi) is 8.14. The Balaban J connectivity index is 1.47. The number of oxazole rings is 1. The smallest absolute Gasteiger partial charge is 0.410 e. The van der Waals surface area contributed by atoms with Gasteiger partial charge in [-0.2, -0.15) is 13.2 Å². The van der Waals surface area contributed by atoms with E-state index in [-0.39, 0.29) is 42.1 Å². The van der Waals surface area contributed by atoms with Gasteiger partial charge in [0.05, 0.1) is 19.2 Å². The third-order valence-electron chi connectivity index (χ3n) is 7.79. The lowest BCUT2D eigenvalue weighted by Crippen LogP contribution is -2.40. The largest absolute Gasteiger partial charge is 0.438 e. The summed E-state index contributed by atoms with van der Waals surface area (Å²) < 4.78 is 84.8. The second-order valence-corrected chi connectivity index (χ2v) is 10.7. The number of methoxy groups -OCH3 is 1. The summed E-state index contributed by atoms with van der Waals surface area (Å²) in [6.45, 7) is 1.11. The number of aryl methyl sites for hydroxylation is 1. The van der Waals surface area contributed by atoms with E-state index in [0.29, 0.717) is 24.0 Å². The van der Waals surface area contributed by atoms with Gasteiger partial charge in [0, 0.05) is 25.5 Å². The summed E-state index contributed by atoms with van der Waals surface area (Å²) >= 11 is 0. The zero-order valence-electron chi connectivity index (χ0n) is 22.8. The number of aromatic nitrogens is 2. The molecule has 3 aromatic rings. The minimum Gasteiger partial charge on any atom is -0.438 e. The molecule has 15 heteroatoms. The van der Waals surface area contributed by atoms with Gasteiger partial charge in [0.25, 0.3) is 5.91 Å². The number of halogens is 5. The third-order valence-corrected chi connectivity index (χ3v) is 7.79. The summed E-state index contributed by atoms with van der Waals surface area (Å²) in [6, 6.07) is -0.169. The number of nitrogens with zero attached hydrogens (tertiary/aromatic N) is 3. The normalized spacial score (nSPS) is 22.3. The minimum absolute atomic E-state index is 0.000846. The van der Waals surface area contributed by atoms with Gasteiger partial charge in [-0.15, -0.1) is 0 Å². The molecule has 1 aliphatic carbocycles. The van der Waals surface area contributed by atoms with Crippen molar-refractivity contribution in [1.82, 2.24) is 25.7 Å². The maximum Gasteiger partial charge on any atom is 0.410 e. The van der Waals surface area contributed by atoms with Gasteiger partial charge in [0.1, 0.15) is 23.9 Å². The molecular weight excluding hydrogens is 569 g/mol. The topological polar surface area (TPSA) is 123 Å². The number of alkyl halides is 5. The Bertz CT molecular complexity index is 1440. The van der Waals surface area contributed by atoms with Crippen LogP contribution >= 0.6 is 0 Å². The lowest BCUT2D eigenvalue weighted by atomic mass is 9.81. The number of urea groups is 1. The van der Waals surface area contributed by atoms with Crippen molar-refractivity contribution in [3.05, 3.63) is 47.2 Å². The average molecular weight is 600 g/mol. The molecule has 1 saturated heterocycles. The minimum atomic E-state index is -4.62. The molecule has 0 bridgehead atoms. The Morgan fingerprint density at radius 1 is 1.33 bits per heavy atom. The maximum absolute atomic E-state index is 14.4. The highest BCUT2D eigenvalue weighted by atomic mass is 19.4. The van der Waals surface area contributed by atoms with Crippen LogP contribution in [0, 0.1) is 5.92 Å². The SMILES string of the molecule is CCc1conc1C(=O)N[C@@H](c1nc2cc([C@@H](COC)N3C[C@@H](C(F)(F)F)NC3=O)ccc2o1)C1CCCC(F)(F)C1. The molecule has 42 heavy (non-hydrogen) atoms. The molecule has 10 nitrogen and oxygen atoms in total. The van der Waals surface area contributed by atoms with Crippen LogP contribution in [0.4, 0.5) is 26.7 Å². The first-order valence-electron chi connectivity index (χ1n) is 13.5. The molecule has 3 heterocycles. The second-order valence-electron chi connectivity index (χ2n) is 10.7. The van der Waals surface area contributed by atoms with Crippen LogP contribution < -0.4 is 10.6 Å². The lowest BCUT2D eigenvalue weighted by Gasteiger charge is -2.33. The van der Waals surface area contributed by atoms with Crippen molar-refractivity contribution in [2.24, 2.45) is 5.92 Å². The zero-order chi connectivity index (χ0) is 30.2. The molecule has 2 aromatic heterocycles. The van der Waals surface area contributed by atoms with Crippen molar-refractivity contribution in [3.8, 4) is 0 Å². The number of fused-ring (bicyclic) bond motifs is 1. The van der Waals surface area contributed by atoms with E-state index in [1.165, 1.54) is 19.4 Å². The number of hydrogen-bond donors (Lipinski definition) is 2. The maximum atomic E-state index is 14.4. The number of benzene rings is 1. The standard InChI is InChI=1S/C27H30F5N5O5/c1-3-14-12-41-36-21(14)23(38)35-22(16-5-4-8-26(28,29)10-16)24-33-17-9-15(6-7-19(17)42-24)18(13-40-2)37-11-20(27(30,31)32)34-25(37)39/h6-7,9,12,16,18,20,22H,3-5,8,10-11,13H2,1-2H3,(H,34,39)(H,35,38)/t16?,18-,20+,22-/m1/s1. The quantitative estimate of drug-likeness (QED) is 0.319. The van der Waals surface area contributed by atoms with Crippen LogP contribution in [-0.4, -0.2) is 65.4 Å². The van der Waals surface area contributed by atoms with Gasteiger partial charge in [-0.3, -0.25) is 4.79 Å². The summed E-state index contributed by atoms with van der Waals surface area (Å²) in [5, 5.41) is 8.47. The van der Waals surface area contributed by atoms with Crippen LogP contribution in [0.3, 0.4) is 0 Å². The van der Waals surface area contributed by atoms with Gasteiger partial charge < -0.3 is 29.2 Å². The van der Waals surface area contributed by atoms with E-state index < -0.39 is 61.0 Å². The molecule has 1 aromatic carbocycles. The number of hydrogen-bond acceptors (Lipinski definition) is 7. The molecule has 1 aliphatic heterocycles. The Morgan fingerprint density at radius 3 is 2.79 bits per heavy atom. The second kappa shape index (κ2) is 11.5. The molecule has 5 rings (SSSR count).